The van der Waals surface area contributed by atoms with Crippen LogP contribution < -0.4 is 5.73 Å². The van der Waals surface area contributed by atoms with Crippen molar-refractivity contribution in [1.29, 1.82) is 0 Å². The van der Waals surface area contributed by atoms with E-state index in [1.807, 2.05) is 6.07 Å². The molecule has 4 rings (SSSR count). The standard InChI is InChI=1S/C28H33Cl2FN2O4S2/c1-27(2,3)39(35,36)15-22(16-8-9-16)33-24(17-10-11-20(30)21(31)13-17)25(18-6-5-7-19(29)12-18)37-28(4,26(33)34)14-23(32)38/h5-7,10-13,16,22,24-25H,8-9,14-15H2,1-4H3,(H2,32,38)/t22-,24-,25-,28-/m1/s1. The van der Waals surface area contributed by atoms with Gasteiger partial charge in [0.15, 0.2) is 15.4 Å². The summed E-state index contributed by atoms with van der Waals surface area (Å²) < 4.78 is 47.4. The summed E-state index contributed by atoms with van der Waals surface area (Å²) in [5.74, 6) is -1.40. The molecule has 39 heavy (non-hydrogen) atoms. The van der Waals surface area contributed by atoms with E-state index in [0.717, 1.165) is 12.8 Å². The van der Waals surface area contributed by atoms with Gasteiger partial charge < -0.3 is 15.4 Å². The van der Waals surface area contributed by atoms with Crippen LogP contribution in [0.3, 0.4) is 0 Å². The first-order valence-electron chi connectivity index (χ1n) is 12.8. The summed E-state index contributed by atoms with van der Waals surface area (Å²) in [7, 11) is -3.65. The average molecular weight is 616 g/mol. The fourth-order valence-electron chi connectivity index (χ4n) is 5.11. The maximum atomic E-state index is 14.8. The molecule has 1 saturated heterocycles. The quantitative estimate of drug-likeness (QED) is 0.356. The molecule has 0 aromatic heterocycles. The number of carbonyl (C=O) groups is 1. The molecule has 1 amide bonds. The van der Waals surface area contributed by atoms with Crippen LogP contribution >= 0.6 is 35.4 Å². The molecule has 1 heterocycles. The van der Waals surface area contributed by atoms with Gasteiger partial charge in [0.05, 0.1) is 26.6 Å². The Balaban J connectivity index is 1.97. The van der Waals surface area contributed by atoms with Gasteiger partial charge in [0, 0.05) is 17.5 Å². The Morgan fingerprint density at radius 1 is 1.21 bits per heavy atom. The molecular formula is C28H33Cl2FN2O4S2. The van der Waals surface area contributed by atoms with Crippen LogP contribution in [0.15, 0.2) is 42.5 Å². The van der Waals surface area contributed by atoms with Crippen LogP contribution in [-0.2, 0) is 19.4 Å². The Labute approximate surface area is 244 Å². The lowest BCUT2D eigenvalue weighted by Crippen LogP contribution is -2.62. The predicted molar refractivity (Wildman–Crippen MR) is 156 cm³/mol. The summed E-state index contributed by atoms with van der Waals surface area (Å²) in [6.45, 7) is 6.54. The molecule has 1 saturated carbocycles. The first-order chi connectivity index (χ1) is 18.0. The minimum absolute atomic E-state index is 0.0436. The Hall–Kier alpha value is -1.78. The van der Waals surface area contributed by atoms with E-state index < -0.39 is 50.1 Å². The smallest absolute Gasteiger partial charge is 0.255 e. The third-order valence-corrected chi connectivity index (χ3v) is 10.8. The zero-order valence-corrected chi connectivity index (χ0v) is 25.4. The molecule has 1 aliphatic heterocycles. The van der Waals surface area contributed by atoms with Crippen molar-refractivity contribution in [3.63, 3.8) is 0 Å². The van der Waals surface area contributed by atoms with E-state index >= 15 is 0 Å². The van der Waals surface area contributed by atoms with Gasteiger partial charge in [-0.25, -0.2) is 12.8 Å². The van der Waals surface area contributed by atoms with E-state index in [1.54, 1.807) is 56.9 Å². The number of hydrogen-bond donors (Lipinski definition) is 1. The second-order valence-corrected chi connectivity index (χ2v) is 15.8. The van der Waals surface area contributed by atoms with E-state index in [9.17, 15) is 17.6 Å². The maximum Gasteiger partial charge on any atom is 0.255 e. The molecule has 4 atom stereocenters. The molecule has 2 fully saturated rings. The van der Waals surface area contributed by atoms with Gasteiger partial charge in [-0.1, -0.05) is 53.6 Å². The van der Waals surface area contributed by atoms with Crippen LogP contribution in [0, 0.1) is 11.7 Å². The number of ether oxygens (including phenoxy) is 1. The number of hydrogen-bond acceptors (Lipinski definition) is 5. The van der Waals surface area contributed by atoms with Gasteiger partial charge in [-0.2, -0.15) is 0 Å². The summed E-state index contributed by atoms with van der Waals surface area (Å²) in [4.78, 5) is 16.1. The lowest BCUT2D eigenvalue weighted by Gasteiger charge is -2.52. The second-order valence-electron chi connectivity index (χ2n) is 11.6. The molecule has 2 aliphatic rings. The number of thiocarbonyl (C=S) groups is 1. The summed E-state index contributed by atoms with van der Waals surface area (Å²) >= 11 is 17.5. The lowest BCUT2D eigenvalue weighted by atomic mass is 9.85. The third kappa shape index (κ3) is 6.27. The molecule has 2 aromatic carbocycles. The minimum Gasteiger partial charge on any atom is -0.393 e. The molecule has 0 bridgehead atoms. The largest absolute Gasteiger partial charge is 0.393 e. The highest BCUT2D eigenvalue weighted by molar-refractivity contribution is 7.92. The van der Waals surface area contributed by atoms with Crippen LogP contribution in [0.2, 0.25) is 10.0 Å². The fraction of sp³-hybridized carbons (Fsp3) is 0.500. The molecule has 6 nitrogen and oxygen atoms in total. The molecule has 2 N–H and O–H groups in total. The fourth-order valence-corrected chi connectivity index (χ4v) is 7.09. The van der Waals surface area contributed by atoms with E-state index in [0.29, 0.717) is 16.1 Å². The van der Waals surface area contributed by atoms with E-state index in [1.165, 1.54) is 12.1 Å². The predicted octanol–water partition coefficient (Wildman–Crippen LogP) is 6.20. The Kier molecular flexibility index (Phi) is 8.43. The van der Waals surface area contributed by atoms with E-state index in [2.05, 4.69) is 0 Å². The molecule has 0 radical (unpaired) electrons. The van der Waals surface area contributed by atoms with Crippen LogP contribution in [0.25, 0.3) is 0 Å². The van der Waals surface area contributed by atoms with Gasteiger partial charge in [-0.3, -0.25) is 4.79 Å². The number of morpholine rings is 1. The summed E-state index contributed by atoms with van der Waals surface area (Å²) in [6.07, 6.45) is 0.648. The molecule has 1 aliphatic carbocycles. The maximum absolute atomic E-state index is 14.8. The first kappa shape index (κ1) is 30.2. The van der Waals surface area contributed by atoms with Crippen molar-refractivity contribution >= 4 is 56.2 Å². The number of nitrogens with two attached hydrogens (primary N) is 1. The monoisotopic (exact) mass is 614 g/mol. The molecule has 11 heteroatoms. The SMILES string of the molecule is CC(C)(C)S(=O)(=O)C[C@H](C1CC1)N1C(=O)[C@@](C)(CC(N)=S)O[C@H](c2cccc(Cl)c2)[C@H]1c1ccc(Cl)c(F)c1. The number of rotatable bonds is 8. The van der Waals surface area contributed by atoms with Gasteiger partial charge in [-0.05, 0) is 81.8 Å². The second kappa shape index (κ2) is 10.9. The van der Waals surface area contributed by atoms with E-state index in [-0.39, 0.29) is 28.1 Å². The third-order valence-electron chi connectivity index (χ3n) is 7.48. The van der Waals surface area contributed by atoms with Crippen molar-refractivity contribution in [2.24, 2.45) is 11.7 Å². The minimum atomic E-state index is -3.65. The number of carbonyl (C=O) groups excluding carboxylic acids is 1. The molecule has 0 spiro atoms. The first-order valence-corrected chi connectivity index (χ1v) is 15.6. The normalized spacial score (nSPS) is 25.0. The van der Waals surface area contributed by atoms with Crippen molar-refractivity contribution in [2.75, 3.05) is 5.75 Å². The van der Waals surface area contributed by atoms with E-state index in [4.69, 9.17) is 45.9 Å². The van der Waals surface area contributed by atoms with Crippen molar-refractivity contribution in [3.05, 3.63) is 69.5 Å². The summed E-state index contributed by atoms with van der Waals surface area (Å²) in [5.41, 5.74) is 5.49. The average Bonchev–Trinajstić information content (AvgIpc) is 3.65. The summed E-state index contributed by atoms with van der Waals surface area (Å²) in [5, 5.41) is 0.380. The highest BCUT2D eigenvalue weighted by Gasteiger charge is 2.56. The van der Waals surface area contributed by atoms with Gasteiger partial charge in [0.25, 0.3) is 5.91 Å². The van der Waals surface area contributed by atoms with Crippen molar-refractivity contribution < 1.29 is 22.3 Å². The van der Waals surface area contributed by atoms with Gasteiger partial charge in [-0.15, -0.1) is 0 Å². The van der Waals surface area contributed by atoms with Crippen molar-refractivity contribution in [3.8, 4) is 0 Å². The number of benzene rings is 2. The highest BCUT2D eigenvalue weighted by atomic mass is 35.5. The molecule has 2 aromatic rings. The van der Waals surface area contributed by atoms with Crippen molar-refractivity contribution in [2.45, 2.75) is 75.5 Å². The van der Waals surface area contributed by atoms with Crippen LogP contribution in [0.5, 0.6) is 0 Å². The van der Waals surface area contributed by atoms with Gasteiger partial charge in [0.1, 0.15) is 11.9 Å². The molecular weight excluding hydrogens is 582 g/mol. The summed E-state index contributed by atoms with van der Waals surface area (Å²) in [6, 6.07) is 9.78. The number of sulfone groups is 1. The topological polar surface area (TPSA) is 89.7 Å². The van der Waals surface area contributed by atoms with Gasteiger partial charge in [0.2, 0.25) is 0 Å². The highest BCUT2D eigenvalue weighted by Crippen LogP contribution is 2.51. The van der Waals surface area contributed by atoms with Crippen LogP contribution in [0.4, 0.5) is 4.39 Å². The molecule has 0 unspecified atom stereocenters. The van der Waals surface area contributed by atoms with Crippen LogP contribution in [0.1, 0.15) is 70.2 Å². The zero-order chi connectivity index (χ0) is 28.9. The number of amides is 1. The number of halogens is 3. The Morgan fingerprint density at radius 2 is 1.87 bits per heavy atom. The van der Waals surface area contributed by atoms with Gasteiger partial charge >= 0.3 is 0 Å². The number of nitrogens with zero attached hydrogens (tertiary/aromatic N) is 1. The van der Waals surface area contributed by atoms with Crippen LogP contribution in [-0.4, -0.2) is 46.4 Å². The lowest BCUT2D eigenvalue weighted by molar-refractivity contribution is -0.201. The Morgan fingerprint density at radius 3 is 2.41 bits per heavy atom. The molecule has 212 valence electrons. The zero-order valence-electron chi connectivity index (χ0n) is 22.3. The Bertz CT molecular complexity index is 1390. The van der Waals surface area contributed by atoms with Crippen molar-refractivity contribution in [1.82, 2.24) is 4.90 Å².